The maximum atomic E-state index is 7.84. The molecular weight excluding hydrogens is 190 g/mol. The number of piperidine rings is 1. The Morgan fingerprint density at radius 2 is 1.93 bits per heavy atom. The second-order valence-electron chi connectivity index (χ2n) is 4.45. The molecule has 5 heteroatoms. The standard InChI is InChI=1S/C10H19N5/c11-9(12)14-10(13)15-6-2-4-7-3-1-5-8(7)15/h7-8H,1-6H2,(H5,11,12,13,14). The lowest BCUT2D eigenvalue weighted by molar-refractivity contribution is 0.188. The Kier molecular flexibility index (Phi) is 2.79. The van der Waals surface area contributed by atoms with E-state index in [2.05, 4.69) is 9.89 Å². The van der Waals surface area contributed by atoms with E-state index in [-0.39, 0.29) is 11.9 Å². The first kappa shape index (κ1) is 10.3. The summed E-state index contributed by atoms with van der Waals surface area (Å²) in [6.45, 7) is 0.927. The van der Waals surface area contributed by atoms with Crippen molar-refractivity contribution in [2.45, 2.75) is 38.1 Å². The van der Waals surface area contributed by atoms with Crippen LogP contribution in [0.15, 0.2) is 4.99 Å². The summed E-state index contributed by atoms with van der Waals surface area (Å²) in [7, 11) is 0. The quantitative estimate of drug-likeness (QED) is 0.400. The van der Waals surface area contributed by atoms with Crippen LogP contribution < -0.4 is 11.5 Å². The van der Waals surface area contributed by atoms with E-state index in [1.54, 1.807) is 0 Å². The van der Waals surface area contributed by atoms with Crippen LogP contribution in [0.2, 0.25) is 0 Å². The highest BCUT2D eigenvalue weighted by molar-refractivity contribution is 5.91. The number of likely N-dealkylation sites (tertiary alicyclic amines) is 1. The molecule has 0 amide bonds. The third kappa shape index (κ3) is 2.06. The van der Waals surface area contributed by atoms with Gasteiger partial charge in [0.15, 0.2) is 5.96 Å². The van der Waals surface area contributed by atoms with E-state index in [0.717, 1.165) is 18.9 Å². The zero-order valence-corrected chi connectivity index (χ0v) is 8.95. The number of hydrogen-bond donors (Lipinski definition) is 3. The first-order valence-electron chi connectivity index (χ1n) is 5.63. The van der Waals surface area contributed by atoms with Gasteiger partial charge in [-0.2, -0.15) is 4.99 Å². The number of nitrogens with two attached hydrogens (primary N) is 2. The first-order valence-corrected chi connectivity index (χ1v) is 5.63. The molecule has 2 aliphatic rings. The molecule has 0 spiro atoms. The molecular formula is C10H19N5. The Balaban J connectivity index is 2.07. The molecule has 0 bridgehead atoms. The van der Waals surface area contributed by atoms with E-state index in [4.69, 9.17) is 16.9 Å². The van der Waals surface area contributed by atoms with Crippen molar-refractivity contribution in [3.63, 3.8) is 0 Å². The lowest BCUT2D eigenvalue weighted by atomic mass is 9.92. The number of hydrogen-bond acceptors (Lipinski definition) is 1. The molecule has 0 aromatic heterocycles. The number of fused-ring (bicyclic) bond motifs is 1. The molecule has 84 valence electrons. The van der Waals surface area contributed by atoms with Crippen LogP contribution in [0.5, 0.6) is 0 Å². The van der Waals surface area contributed by atoms with Crippen LogP contribution in [0, 0.1) is 11.3 Å². The fourth-order valence-electron chi connectivity index (χ4n) is 2.90. The van der Waals surface area contributed by atoms with Gasteiger partial charge in [-0.15, -0.1) is 0 Å². The Morgan fingerprint density at radius 3 is 2.67 bits per heavy atom. The summed E-state index contributed by atoms with van der Waals surface area (Å²) in [5.74, 6) is 0.986. The predicted octanol–water partition coefficient (Wildman–Crippen LogP) is 0.459. The SMILES string of the molecule is N=C(N=C(N)N)N1CCCC2CCCC21. The minimum Gasteiger partial charge on any atom is -0.370 e. The van der Waals surface area contributed by atoms with Crippen molar-refractivity contribution in [3.05, 3.63) is 0 Å². The van der Waals surface area contributed by atoms with E-state index < -0.39 is 0 Å². The number of rotatable bonds is 0. The smallest absolute Gasteiger partial charge is 0.221 e. The van der Waals surface area contributed by atoms with E-state index >= 15 is 0 Å². The molecule has 1 saturated carbocycles. The molecule has 1 saturated heterocycles. The van der Waals surface area contributed by atoms with Gasteiger partial charge < -0.3 is 16.4 Å². The highest BCUT2D eigenvalue weighted by atomic mass is 15.3. The summed E-state index contributed by atoms with van der Waals surface area (Å²) in [4.78, 5) is 5.91. The van der Waals surface area contributed by atoms with E-state index in [0.29, 0.717) is 6.04 Å². The molecule has 2 rings (SSSR count). The van der Waals surface area contributed by atoms with Gasteiger partial charge in [-0.05, 0) is 31.6 Å². The molecule has 0 aromatic rings. The molecule has 1 heterocycles. The number of guanidine groups is 2. The normalized spacial score (nSPS) is 29.7. The fraction of sp³-hybridized carbons (Fsp3) is 0.800. The second kappa shape index (κ2) is 4.08. The molecule has 5 N–H and O–H groups in total. The molecule has 2 atom stereocenters. The van der Waals surface area contributed by atoms with Crippen LogP contribution >= 0.6 is 0 Å². The van der Waals surface area contributed by atoms with Gasteiger partial charge in [0, 0.05) is 12.6 Å². The monoisotopic (exact) mass is 209 g/mol. The number of aliphatic imine (C=N–C) groups is 1. The van der Waals surface area contributed by atoms with Crippen molar-refractivity contribution in [2.75, 3.05) is 6.54 Å². The van der Waals surface area contributed by atoms with Crippen LogP contribution in [-0.4, -0.2) is 29.4 Å². The van der Waals surface area contributed by atoms with Gasteiger partial charge >= 0.3 is 0 Å². The Morgan fingerprint density at radius 1 is 1.20 bits per heavy atom. The summed E-state index contributed by atoms with van der Waals surface area (Å²) in [6.07, 6.45) is 6.23. The van der Waals surface area contributed by atoms with Gasteiger partial charge in [-0.1, -0.05) is 6.42 Å². The van der Waals surface area contributed by atoms with Crippen LogP contribution in [0.25, 0.3) is 0 Å². The zero-order chi connectivity index (χ0) is 10.8. The minimum atomic E-state index is -0.0138. The molecule has 1 aliphatic carbocycles. The second-order valence-corrected chi connectivity index (χ2v) is 4.45. The first-order chi connectivity index (χ1) is 7.18. The van der Waals surface area contributed by atoms with Crippen molar-refractivity contribution in [1.29, 1.82) is 5.41 Å². The van der Waals surface area contributed by atoms with Crippen molar-refractivity contribution in [3.8, 4) is 0 Å². The molecule has 15 heavy (non-hydrogen) atoms. The van der Waals surface area contributed by atoms with Crippen LogP contribution in [-0.2, 0) is 0 Å². The summed E-state index contributed by atoms with van der Waals surface area (Å²) >= 11 is 0. The van der Waals surface area contributed by atoms with Crippen LogP contribution in [0.4, 0.5) is 0 Å². The Hall–Kier alpha value is -1.26. The van der Waals surface area contributed by atoms with Crippen molar-refractivity contribution in [2.24, 2.45) is 22.4 Å². The summed E-state index contributed by atoms with van der Waals surface area (Å²) in [6, 6.07) is 0.509. The maximum Gasteiger partial charge on any atom is 0.221 e. The van der Waals surface area contributed by atoms with Gasteiger partial charge in [0.1, 0.15) is 0 Å². The van der Waals surface area contributed by atoms with Crippen molar-refractivity contribution >= 4 is 11.9 Å². The van der Waals surface area contributed by atoms with E-state index in [1.165, 1.54) is 25.7 Å². The Labute approximate surface area is 90.0 Å². The summed E-state index contributed by atoms with van der Waals surface area (Å²) in [5.41, 5.74) is 10.6. The topological polar surface area (TPSA) is 91.5 Å². The van der Waals surface area contributed by atoms with Crippen molar-refractivity contribution < 1.29 is 0 Å². The summed E-state index contributed by atoms with van der Waals surface area (Å²) in [5, 5.41) is 7.84. The van der Waals surface area contributed by atoms with Gasteiger partial charge in [0.2, 0.25) is 5.96 Å². The molecule has 5 nitrogen and oxygen atoms in total. The largest absolute Gasteiger partial charge is 0.370 e. The van der Waals surface area contributed by atoms with Crippen molar-refractivity contribution in [1.82, 2.24) is 4.90 Å². The van der Waals surface area contributed by atoms with Crippen LogP contribution in [0.3, 0.4) is 0 Å². The fourth-order valence-corrected chi connectivity index (χ4v) is 2.90. The lowest BCUT2D eigenvalue weighted by Crippen LogP contribution is -2.46. The summed E-state index contributed by atoms with van der Waals surface area (Å²) < 4.78 is 0. The average Bonchev–Trinajstić information content (AvgIpc) is 2.63. The Bertz CT molecular complexity index is 282. The van der Waals surface area contributed by atoms with Gasteiger partial charge in [-0.3, -0.25) is 5.41 Å². The molecule has 0 aromatic carbocycles. The lowest BCUT2D eigenvalue weighted by Gasteiger charge is -2.37. The van der Waals surface area contributed by atoms with Gasteiger partial charge in [0.05, 0.1) is 0 Å². The molecule has 1 aliphatic heterocycles. The zero-order valence-electron chi connectivity index (χ0n) is 8.95. The number of nitrogens with zero attached hydrogens (tertiary/aromatic N) is 2. The third-order valence-electron chi connectivity index (χ3n) is 3.50. The van der Waals surface area contributed by atoms with Gasteiger partial charge in [-0.25, -0.2) is 0 Å². The average molecular weight is 209 g/mol. The molecule has 2 unspecified atom stereocenters. The predicted molar refractivity (Wildman–Crippen MR) is 60.6 cm³/mol. The molecule has 0 radical (unpaired) electrons. The number of nitrogens with one attached hydrogen (secondary N) is 1. The minimum absolute atomic E-state index is 0.0138. The van der Waals surface area contributed by atoms with E-state index in [9.17, 15) is 0 Å². The van der Waals surface area contributed by atoms with E-state index in [1.807, 2.05) is 0 Å². The third-order valence-corrected chi connectivity index (χ3v) is 3.50. The highest BCUT2D eigenvalue weighted by Gasteiger charge is 2.36. The van der Waals surface area contributed by atoms with Crippen LogP contribution in [0.1, 0.15) is 32.1 Å². The van der Waals surface area contributed by atoms with Gasteiger partial charge in [0.25, 0.3) is 0 Å². The molecule has 2 fully saturated rings. The highest BCUT2D eigenvalue weighted by Crippen LogP contribution is 2.36. The maximum absolute atomic E-state index is 7.84.